The van der Waals surface area contributed by atoms with Crippen LogP contribution in [0.25, 0.3) is 0 Å². The van der Waals surface area contributed by atoms with Crippen LogP contribution in [0.1, 0.15) is 40.5 Å². The minimum atomic E-state index is -0.427. The zero-order valence-electron chi connectivity index (χ0n) is 11.3. The van der Waals surface area contributed by atoms with Gasteiger partial charge in [0.15, 0.2) is 0 Å². The molecule has 0 fully saturated rings. The maximum Gasteiger partial charge on any atom is 0.407 e. The second-order valence-corrected chi connectivity index (χ2v) is 5.14. The topological polar surface area (TPSA) is 67.8 Å². The lowest BCUT2D eigenvalue weighted by Gasteiger charge is -2.19. The fourth-order valence-electron chi connectivity index (χ4n) is 1.07. The van der Waals surface area contributed by atoms with Crippen LogP contribution in [0, 0.1) is 0 Å². The fourth-order valence-corrected chi connectivity index (χ4v) is 1.07. The number of aliphatic hydroxyl groups is 1. The van der Waals surface area contributed by atoms with Crippen molar-refractivity contribution in [1.29, 1.82) is 0 Å². The first-order valence-corrected chi connectivity index (χ1v) is 6.02. The van der Waals surface area contributed by atoms with Crippen LogP contribution in [-0.2, 0) is 9.47 Å². The molecule has 0 aromatic rings. The van der Waals surface area contributed by atoms with Crippen LogP contribution in [0.5, 0.6) is 0 Å². The number of alkyl carbamates (subject to hydrolysis) is 1. The standard InChI is InChI=1S/C12H25NO4/c1-10(14)9-16-7-5-6-8-17-11(15)13-12(2,3)4/h10,14H,5-9H2,1-4H3,(H,13,15)/t10-/m1/s1. The second kappa shape index (κ2) is 8.31. The van der Waals surface area contributed by atoms with Gasteiger partial charge in [0, 0.05) is 12.1 Å². The summed E-state index contributed by atoms with van der Waals surface area (Å²) >= 11 is 0. The summed E-state index contributed by atoms with van der Waals surface area (Å²) in [5.41, 5.74) is -0.266. The number of unbranched alkanes of at least 4 members (excludes halogenated alkanes) is 1. The Morgan fingerprint density at radius 3 is 2.41 bits per heavy atom. The predicted molar refractivity (Wildman–Crippen MR) is 66.0 cm³/mol. The Kier molecular flexibility index (Phi) is 7.91. The molecule has 5 heteroatoms. The Hall–Kier alpha value is -0.810. The Balaban J connectivity index is 3.31. The molecule has 5 nitrogen and oxygen atoms in total. The van der Waals surface area contributed by atoms with Gasteiger partial charge in [-0.2, -0.15) is 0 Å². The van der Waals surface area contributed by atoms with Crippen molar-refractivity contribution in [2.75, 3.05) is 19.8 Å². The largest absolute Gasteiger partial charge is 0.450 e. The number of hydrogen-bond acceptors (Lipinski definition) is 4. The van der Waals surface area contributed by atoms with Gasteiger partial charge in [-0.25, -0.2) is 4.79 Å². The summed E-state index contributed by atoms with van der Waals surface area (Å²) in [7, 11) is 0. The third-order valence-electron chi connectivity index (χ3n) is 1.75. The van der Waals surface area contributed by atoms with Gasteiger partial charge in [-0.1, -0.05) is 0 Å². The molecule has 0 unspecified atom stereocenters. The highest BCUT2D eigenvalue weighted by molar-refractivity contribution is 5.67. The number of aliphatic hydroxyl groups excluding tert-OH is 1. The van der Waals surface area contributed by atoms with Crippen LogP contribution in [0.2, 0.25) is 0 Å². The van der Waals surface area contributed by atoms with Gasteiger partial charge in [-0.3, -0.25) is 0 Å². The smallest absolute Gasteiger partial charge is 0.407 e. The summed E-state index contributed by atoms with van der Waals surface area (Å²) < 4.78 is 10.2. The summed E-state index contributed by atoms with van der Waals surface area (Å²) in [5, 5.41) is 11.6. The van der Waals surface area contributed by atoms with Crippen LogP contribution in [0.4, 0.5) is 4.79 Å². The lowest BCUT2D eigenvalue weighted by molar-refractivity contribution is 0.0426. The number of nitrogens with one attached hydrogen (secondary N) is 1. The number of rotatable bonds is 7. The molecule has 1 atom stereocenters. The van der Waals surface area contributed by atoms with E-state index in [1.807, 2.05) is 20.8 Å². The second-order valence-electron chi connectivity index (χ2n) is 5.14. The van der Waals surface area contributed by atoms with E-state index in [0.717, 1.165) is 12.8 Å². The summed E-state index contributed by atoms with van der Waals surface area (Å²) in [4.78, 5) is 11.2. The molecule has 0 aromatic heterocycles. The van der Waals surface area contributed by atoms with Crippen LogP contribution in [0.15, 0.2) is 0 Å². The predicted octanol–water partition coefficient (Wildman–Crippen LogP) is 1.69. The molecule has 2 N–H and O–H groups in total. The molecule has 0 aliphatic carbocycles. The van der Waals surface area contributed by atoms with E-state index in [2.05, 4.69) is 5.32 Å². The molecule has 0 aromatic carbocycles. The molecule has 0 spiro atoms. The molecule has 17 heavy (non-hydrogen) atoms. The van der Waals surface area contributed by atoms with E-state index in [1.54, 1.807) is 6.92 Å². The summed E-state index contributed by atoms with van der Waals surface area (Å²) in [5.74, 6) is 0. The van der Waals surface area contributed by atoms with Crippen molar-refractivity contribution in [2.45, 2.75) is 52.2 Å². The zero-order chi connectivity index (χ0) is 13.3. The van der Waals surface area contributed by atoms with Crippen molar-refractivity contribution in [1.82, 2.24) is 5.32 Å². The molecule has 0 saturated heterocycles. The Morgan fingerprint density at radius 2 is 1.88 bits per heavy atom. The van der Waals surface area contributed by atoms with Crippen molar-refractivity contribution in [3.05, 3.63) is 0 Å². The quantitative estimate of drug-likeness (QED) is 0.672. The lowest BCUT2D eigenvalue weighted by Crippen LogP contribution is -2.41. The van der Waals surface area contributed by atoms with Crippen molar-refractivity contribution in [2.24, 2.45) is 0 Å². The van der Waals surface area contributed by atoms with Crippen LogP contribution < -0.4 is 5.32 Å². The van der Waals surface area contributed by atoms with E-state index in [1.165, 1.54) is 0 Å². The van der Waals surface area contributed by atoms with Crippen molar-refractivity contribution >= 4 is 6.09 Å². The molecule has 0 saturated carbocycles. The first-order chi connectivity index (χ1) is 7.81. The average molecular weight is 247 g/mol. The first kappa shape index (κ1) is 16.2. The van der Waals surface area contributed by atoms with Gasteiger partial charge in [0.2, 0.25) is 0 Å². The molecule has 0 rings (SSSR count). The highest BCUT2D eigenvalue weighted by atomic mass is 16.5. The molecular formula is C12H25NO4. The number of hydrogen-bond donors (Lipinski definition) is 2. The van der Waals surface area contributed by atoms with Gasteiger partial charge >= 0.3 is 6.09 Å². The highest BCUT2D eigenvalue weighted by Crippen LogP contribution is 2.00. The minimum absolute atomic E-state index is 0.266. The molecule has 0 aliphatic heterocycles. The Bertz CT molecular complexity index is 211. The third-order valence-corrected chi connectivity index (χ3v) is 1.75. The number of ether oxygens (including phenoxy) is 2. The molecule has 1 amide bonds. The average Bonchev–Trinajstić information content (AvgIpc) is 2.12. The van der Waals surface area contributed by atoms with Crippen molar-refractivity contribution in [3.63, 3.8) is 0 Å². The zero-order valence-corrected chi connectivity index (χ0v) is 11.3. The molecule has 0 aliphatic rings. The van der Waals surface area contributed by atoms with E-state index in [-0.39, 0.29) is 11.6 Å². The SMILES string of the molecule is C[C@@H](O)COCCCCOC(=O)NC(C)(C)C. The van der Waals surface area contributed by atoms with Gasteiger partial charge in [0.05, 0.1) is 19.3 Å². The molecular weight excluding hydrogens is 222 g/mol. The Morgan fingerprint density at radius 1 is 1.29 bits per heavy atom. The van der Waals surface area contributed by atoms with Gasteiger partial charge in [0.25, 0.3) is 0 Å². The van der Waals surface area contributed by atoms with Gasteiger partial charge in [0.1, 0.15) is 0 Å². The Labute approximate surface area is 103 Å². The number of carbonyl (C=O) groups is 1. The lowest BCUT2D eigenvalue weighted by atomic mass is 10.1. The highest BCUT2D eigenvalue weighted by Gasteiger charge is 2.13. The maximum absolute atomic E-state index is 11.2. The monoisotopic (exact) mass is 247 g/mol. The van der Waals surface area contributed by atoms with Crippen molar-refractivity contribution < 1.29 is 19.4 Å². The first-order valence-electron chi connectivity index (χ1n) is 6.02. The van der Waals surface area contributed by atoms with E-state index in [0.29, 0.717) is 19.8 Å². The van der Waals surface area contributed by atoms with Gasteiger partial charge in [-0.05, 0) is 40.5 Å². The van der Waals surface area contributed by atoms with E-state index in [4.69, 9.17) is 14.6 Å². The maximum atomic E-state index is 11.2. The molecule has 102 valence electrons. The van der Waals surface area contributed by atoms with Crippen LogP contribution in [-0.4, -0.2) is 42.7 Å². The van der Waals surface area contributed by atoms with Crippen LogP contribution >= 0.6 is 0 Å². The summed E-state index contributed by atoms with van der Waals surface area (Å²) in [6, 6.07) is 0. The van der Waals surface area contributed by atoms with Gasteiger partial charge in [-0.15, -0.1) is 0 Å². The van der Waals surface area contributed by atoms with Crippen molar-refractivity contribution in [3.8, 4) is 0 Å². The normalized spacial score (nSPS) is 13.2. The van der Waals surface area contributed by atoms with Crippen LogP contribution in [0.3, 0.4) is 0 Å². The number of amides is 1. The third kappa shape index (κ3) is 13.1. The molecule has 0 radical (unpaired) electrons. The molecule has 0 heterocycles. The fraction of sp³-hybridized carbons (Fsp3) is 0.917. The van der Waals surface area contributed by atoms with E-state index < -0.39 is 6.10 Å². The number of carbonyl (C=O) groups excluding carboxylic acids is 1. The van der Waals surface area contributed by atoms with E-state index >= 15 is 0 Å². The minimum Gasteiger partial charge on any atom is -0.450 e. The molecule has 0 bridgehead atoms. The summed E-state index contributed by atoms with van der Waals surface area (Å²) in [6.07, 6.45) is 0.763. The van der Waals surface area contributed by atoms with E-state index in [9.17, 15) is 4.79 Å². The summed E-state index contributed by atoms with van der Waals surface area (Å²) in [6.45, 7) is 8.70. The van der Waals surface area contributed by atoms with Gasteiger partial charge < -0.3 is 19.9 Å².